The molecule has 4 N–H and O–H groups in total. The van der Waals surface area contributed by atoms with Crippen LogP contribution in [0.5, 0.6) is 0 Å². The van der Waals surface area contributed by atoms with Gasteiger partial charge in [-0.2, -0.15) is 4.98 Å². The topological polar surface area (TPSA) is 200 Å². The number of anilines is 1. The molecule has 0 saturated carbocycles. The molecular formula is C17H31N4O10P2-. The fraction of sp³-hybridized carbons (Fsp3) is 0.765. The number of nitrogens with two attached hydrogens (primary N) is 2. The number of aromatic nitrogens is 2. The van der Waals surface area contributed by atoms with Gasteiger partial charge in [-0.15, -0.1) is 0 Å². The second-order valence-electron chi connectivity index (χ2n) is 7.22. The molecule has 14 nitrogen and oxygen atoms in total. The van der Waals surface area contributed by atoms with Crippen LogP contribution in [0.25, 0.3) is 0 Å². The quantitative estimate of drug-likeness (QED) is 0.195. The van der Waals surface area contributed by atoms with Crippen molar-refractivity contribution in [2.24, 2.45) is 5.90 Å². The molecule has 1 saturated heterocycles. The van der Waals surface area contributed by atoms with Gasteiger partial charge in [-0.25, -0.2) is 19.9 Å². The van der Waals surface area contributed by atoms with E-state index < -0.39 is 46.4 Å². The smallest absolute Gasteiger partial charge is 0.491 e. The van der Waals surface area contributed by atoms with Crippen molar-refractivity contribution >= 4 is 21.5 Å². The maximum absolute atomic E-state index is 12.8. The molecule has 0 amide bonds. The average molecular weight is 513 g/mol. The Morgan fingerprint density at radius 3 is 2.48 bits per heavy atom. The number of phosphoric acid groups is 2. The van der Waals surface area contributed by atoms with Gasteiger partial charge >= 0.3 is 13.5 Å². The van der Waals surface area contributed by atoms with E-state index in [2.05, 4.69) is 9.61 Å². The molecular weight excluding hydrogens is 482 g/mol. The van der Waals surface area contributed by atoms with Gasteiger partial charge in [0.05, 0.1) is 19.8 Å². The zero-order chi connectivity index (χ0) is 24.5. The van der Waals surface area contributed by atoms with Gasteiger partial charge in [-0.3, -0.25) is 18.2 Å². The lowest BCUT2D eigenvalue weighted by molar-refractivity contribution is -0.228. The lowest BCUT2D eigenvalue weighted by Crippen LogP contribution is -2.30. The van der Waals surface area contributed by atoms with E-state index in [1.807, 2.05) is 13.8 Å². The van der Waals surface area contributed by atoms with Crippen molar-refractivity contribution in [3.8, 4) is 0 Å². The molecule has 16 heteroatoms. The van der Waals surface area contributed by atoms with Gasteiger partial charge in [0.15, 0.2) is 0 Å². The predicted molar refractivity (Wildman–Crippen MR) is 114 cm³/mol. The molecule has 1 fully saturated rings. The summed E-state index contributed by atoms with van der Waals surface area (Å²) >= 11 is 0. The van der Waals surface area contributed by atoms with E-state index in [0.717, 1.165) is 17.4 Å². The highest BCUT2D eigenvalue weighted by Crippen LogP contribution is 2.52. The van der Waals surface area contributed by atoms with Crippen LogP contribution in [0.3, 0.4) is 0 Å². The number of rotatable bonds is 15. The van der Waals surface area contributed by atoms with Gasteiger partial charge in [0.1, 0.15) is 24.3 Å². The summed E-state index contributed by atoms with van der Waals surface area (Å²) in [6.07, 6.45) is 0.831. The number of ether oxygens (including phenoxy) is 1. The van der Waals surface area contributed by atoms with Crippen molar-refractivity contribution < 1.29 is 41.5 Å². The van der Waals surface area contributed by atoms with Crippen LogP contribution in [0.2, 0.25) is 0 Å². The number of hydrogen-bond donors (Lipinski definition) is 2. The van der Waals surface area contributed by atoms with Gasteiger partial charge in [-0.1, -0.05) is 26.7 Å². The monoisotopic (exact) mass is 513 g/mol. The number of nitrogens with zero attached hydrogens (tertiary/aromatic N) is 2. The molecule has 1 aromatic heterocycles. The van der Waals surface area contributed by atoms with Gasteiger partial charge in [0.25, 0.3) is 7.82 Å². The van der Waals surface area contributed by atoms with Crippen molar-refractivity contribution in [3.63, 3.8) is 0 Å². The number of nitrogen functional groups attached to an aromatic ring is 1. The first-order valence-corrected chi connectivity index (χ1v) is 13.5. The maximum atomic E-state index is 12.8. The highest BCUT2D eigenvalue weighted by molar-refractivity contribution is 7.48. The molecule has 1 aromatic rings. The standard InChI is InChI=1S/C17H32N4O10P2/c1-3-5-9-26-32(23,24)28-12-14-13(30-33(25,31-19)27-10-6-4-2)11-16(29-14)21-8-7-15(18)20-17(21)22/h7-8,13-14,16H,3-6,9-12,19H2,1-2H3,(H,23,24)(H2,18,20,22)/p-1/t13-,14+,16+,33?/m0/s1. The molecule has 0 radical (unpaired) electrons. The molecule has 2 unspecified atom stereocenters. The van der Waals surface area contributed by atoms with Crippen molar-refractivity contribution in [1.82, 2.24) is 9.55 Å². The van der Waals surface area contributed by atoms with Gasteiger partial charge in [0, 0.05) is 12.6 Å². The zero-order valence-electron chi connectivity index (χ0n) is 18.6. The van der Waals surface area contributed by atoms with E-state index in [9.17, 15) is 18.8 Å². The van der Waals surface area contributed by atoms with Crippen molar-refractivity contribution in [3.05, 3.63) is 22.7 Å². The Morgan fingerprint density at radius 2 is 1.88 bits per heavy atom. The Balaban J connectivity index is 2.16. The van der Waals surface area contributed by atoms with Crippen LogP contribution in [0.1, 0.15) is 52.2 Å². The average Bonchev–Trinajstić information content (AvgIpc) is 3.14. The molecule has 5 atom stereocenters. The normalized spacial score (nSPS) is 24.4. The zero-order valence-corrected chi connectivity index (χ0v) is 20.4. The molecule has 0 bridgehead atoms. The van der Waals surface area contributed by atoms with E-state index in [-0.39, 0.29) is 25.5 Å². The summed E-state index contributed by atoms with van der Waals surface area (Å²) in [5.74, 6) is 5.15. The van der Waals surface area contributed by atoms with Crippen LogP contribution in [0.4, 0.5) is 5.82 Å². The van der Waals surface area contributed by atoms with Crippen LogP contribution in [-0.2, 0) is 36.6 Å². The Morgan fingerprint density at radius 1 is 1.21 bits per heavy atom. The summed E-state index contributed by atoms with van der Waals surface area (Å²) in [5.41, 5.74) is 4.81. The molecule has 1 aliphatic heterocycles. The lowest BCUT2D eigenvalue weighted by Gasteiger charge is -2.26. The summed E-state index contributed by atoms with van der Waals surface area (Å²) in [7, 11) is -8.83. The van der Waals surface area contributed by atoms with Crippen LogP contribution < -0.4 is 22.2 Å². The van der Waals surface area contributed by atoms with Crippen LogP contribution >= 0.6 is 15.6 Å². The molecule has 33 heavy (non-hydrogen) atoms. The highest BCUT2D eigenvalue weighted by Gasteiger charge is 2.43. The lowest BCUT2D eigenvalue weighted by atomic mass is 10.2. The van der Waals surface area contributed by atoms with E-state index in [1.54, 1.807) is 0 Å². The van der Waals surface area contributed by atoms with Crippen molar-refractivity contribution in [2.75, 3.05) is 25.6 Å². The summed E-state index contributed by atoms with van der Waals surface area (Å²) < 4.78 is 56.5. The molecule has 0 aliphatic carbocycles. The summed E-state index contributed by atoms with van der Waals surface area (Å²) in [6, 6.07) is 1.39. The summed E-state index contributed by atoms with van der Waals surface area (Å²) in [5, 5.41) is 0. The Bertz CT molecular complexity index is 901. The third kappa shape index (κ3) is 8.84. The first-order valence-electron chi connectivity index (χ1n) is 10.5. The first kappa shape index (κ1) is 28.1. The molecule has 1 aliphatic rings. The summed E-state index contributed by atoms with van der Waals surface area (Å²) in [6.45, 7) is 3.28. The fourth-order valence-electron chi connectivity index (χ4n) is 2.87. The molecule has 2 heterocycles. The predicted octanol–water partition coefficient (Wildman–Crippen LogP) is 1.61. The van der Waals surface area contributed by atoms with Crippen molar-refractivity contribution in [2.45, 2.75) is 64.4 Å². The second kappa shape index (κ2) is 13.1. The molecule has 190 valence electrons. The number of hydrogen-bond acceptors (Lipinski definition) is 13. The van der Waals surface area contributed by atoms with Crippen molar-refractivity contribution in [1.29, 1.82) is 0 Å². The Labute approximate surface area is 191 Å². The third-order valence-corrected chi connectivity index (χ3v) is 6.88. The minimum absolute atomic E-state index is 0.0174. The van der Waals surface area contributed by atoms with E-state index in [1.165, 1.54) is 12.3 Å². The van der Waals surface area contributed by atoms with E-state index >= 15 is 0 Å². The van der Waals surface area contributed by atoms with Gasteiger partial charge in [-0.05, 0) is 18.9 Å². The SMILES string of the molecule is CCCCOP(=O)([O-])OC[C@H]1O[C@@H](n2ccc(N)nc2=O)C[C@@H]1OP(=O)(ON)OCCCC. The van der Waals surface area contributed by atoms with Crippen LogP contribution in [0.15, 0.2) is 17.1 Å². The van der Waals surface area contributed by atoms with E-state index in [4.69, 9.17) is 34.5 Å². The Hall–Kier alpha value is -1.18. The molecule has 0 spiro atoms. The minimum Gasteiger partial charge on any atom is -0.756 e. The number of phosphoric ester groups is 2. The summed E-state index contributed by atoms with van der Waals surface area (Å²) in [4.78, 5) is 27.8. The third-order valence-electron chi connectivity index (χ3n) is 4.63. The van der Waals surface area contributed by atoms with Gasteiger partial charge in [0.2, 0.25) is 0 Å². The molecule has 0 aromatic carbocycles. The highest BCUT2D eigenvalue weighted by atomic mass is 31.2. The maximum Gasteiger partial charge on any atom is 0.491 e. The molecule has 2 rings (SSSR count). The minimum atomic E-state index is -4.63. The Kier molecular flexibility index (Phi) is 11.1. The van der Waals surface area contributed by atoms with Crippen LogP contribution in [0, 0.1) is 0 Å². The fourth-order valence-corrected chi connectivity index (χ4v) is 4.71. The van der Waals surface area contributed by atoms with Crippen LogP contribution in [-0.4, -0.2) is 41.6 Å². The van der Waals surface area contributed by atoms with Gasteiger partial charge < -0.3 is 24.4 Å². The first-order chi connectivity index (χ1) is 15.6. The largest absolute Gasteiger partial charge is 0.756 e. The second-order valence-corrected chi connectivity index (χ2v) is 10.2. The number of unbranched alkanes of at least 4 members (excludes halogenated alkanes) is 2. The van der Waals surface area contributed by atoms with E-state index in [0.29, 0.717) is 12.8 Å².